The van der Waals surface area contributed by atoms with Crippen molar-refractivity contribution in [3.63, 3.8) is 0 Å². The Labute approximate surface area is 193 Å². The predicted molar refractivity (Wildman–Crippen MR) is 128 cm³/mol. The number of para-hydroxylation sites is 1. The molecule has 1 aromatic heterocycles. The summed E-state index contributed by atoms with van der Waals surface area (Å²) in [7, 11) is 1.60. The zero-order valence-electron chi connectivity index (χ0n) is 19.7. The fourth-order valence-electron chi connectivity index (χ4n) is 3.67. The second kappa shape index (κ2) is 9.48. The van der Waals surface area contributed by atoms with Crippen molar-refractivity contribution in [3.05, 3.63) is 65.9 Å². The minimum absolute atomic E-state index is 0.0516. The van der Waals surface area contributed by atoms with Crippen molar-refractivity contribution in [2.75, 3.05) is 11.9 Å². The SMILES string of the molecule is CC(CCC(=O)O)n1cc(C(=O)c2cccc(N(C)C(=O)OC(C)(C)C)c2)c2ccccc21. The van der Waals surface area contributed by atoms with E-state index < -0.39 is 17.7 Å². The number of aliphatic carboxylic acids is 1. The first-order chi connectivity index (χ1) is 15.5. The van der Waals surface area contributed by atoms with Crippen LogP contribution in [0.5, 0.6) is 0 Å². The molecule has 7 heteroatoms. The van der Waals surface area contributed by atoms with Gasteiger partial charge in [0.15, 0.2) is 5.78 Å². The third-order valence-electron chi connectivity index (χ3n) is 5.40. The van der Waals surface area contributed by atoms with Crippen molar-refractivity contribution in [1.29, 1.82) is 0 Å². The summed E-state index contributed by atoms with van der Waals surface area (Å²) in [6.07, 6.45) is 1.80. The van der Waals surface area contributed by atoms with E-state index in [1.165, 1.54) is 4.90 Å². The summed E-state index contributed by atoms with van der Waals surface area (Å²) in [4.78, 5) is 38.3. The van der Waals surface area contributed by atoms with Crippen LogP contribution in [0.3, 0.4) is 0 Å². The largest absolute Gasteiger partial charge is 0.481 e. The Hall–Kier alpha value is -3.61. The molecule has 0 aliphatic heterocycles. The fourth-order valence-corrected chi connectivity index (χ4v) is 3.67. The maximum absolute atomic E-state index is 13.5. The summed E-state index contributed by atoms with van der Waals surface area (Å²) in [5, 5.41) is 9.84. The average molecular weight is 451 g/mol. The summed E-state index contributed by atoms with van der Waals surface area (Å²) in [5.74, 6) is -1.02. The number of ketones is 1. The van der Waals surface area contributed by atoms with Crippen LogP contribution < -0.4 is 4.90 Å². The van der Waals surface area contributed by atoms with Crippen LogP contribution in [0.2, 0.25) is 0 Å². The van der Waals surface area contributed by atoms with Gasteiger partial charge in [-0.1, -0.05) is 30.3 Å². The normalized spacial score (nSPS) is 12.4. The molecule has 1 atom stereocenters. The van der Waals surface area contributed by atoms with Crippen molar-refractivity contribution in [2.24, 2.45) is 0 Å². The molecule has 0 fully saturated rings. The van der Waals surface area contributed by atoms with Crippen LogP contribution in [0.4, 0.5) is 10.5 Å². The number of ether oxygens (including phenoxy) is 1. The van der Waals surface area contributed by atoms with Gasteiger partial charge in [-0.3, -0.25) is 14.5 Å². The summed E-state index contributed by atoms with van der Waals surface area (Å²) >= 11 is 0. The average Bonchev–Trinajstić information content (AvgIpc) is 3.15. The Kier molecular flexibility index (Phi) is 6.91. The van der Waals surface area contributed by atoms with Gasteiger partial charge in [0, 0.05) is 53.4 Å². The molecule has 3 aromatic rings. The molecule has 1 heterocycles. The lowest BCUT2D eigenvalue weighted by Crippen LogP contribution is -2.34. The van der Waals surface area contributed by atoms with Crippen molar-refractivity contribution >= 4 is 34.4 Å². The van der Waals surface area contributed by atoms with Crippen LogP contribution in [0.25, 0.3) is 10.9 Å². The lowest BCUT2D eigenvalue weighted by molar-refractivity contribution is -0.137. The quantitative estimate of drug-likeness (QED) is 0.469. The van der Waals surface area contributed by atoms with Crippen LogP contribution >= 0.6 is 0 Å². The van der Waals surface area contributed by atoms with E-state index in [0.717, 1.165) is 10.9 Å². The molecule has 1 unspecified atom stereocenters. The van der Waals surface area contributed by atoms with E-state index in [1.807, 2.05) is 35.8 Å². The Morgan fingerprint density at radius 3 is 2.45 bits per heavy atom. The standard InChI is InChI=1S/C26H30N2O5/c1-17(13-14-23(29)30)28-16-21(20-11-6-7-12-22(20)28)24(31)18-9-8-10-19(15-18)27(5)25(32)33-26(2,3)4/h6-12,15-17H,13-14H2,1-5H3,(H,29,30). The Morgan fingerprint density at radius 2 is 1.79 bits per heavy atom. The molecule has 7 nitrogen and oxygen atoms in total. The van der Waals surface area contributed by atoms with Gasteiger partial charge in [0.05, 0.1) is 0 Å². The second-order valence-electron chi connectivity index (χ2n) is 9.17. The van der Waals surface area contributed by atoms with E-state index in [0.29, 0.717) is 23.2 Å². The Morgan fingerprint density at radius 1 is 1.09 bits per heavy atom. The number of carboxylic acid groups (broad SMARTS) is 1. The lowest BCUT2D eigenvalue weighted by atomic mass is 10.0. The topological polar surface area (TPSA) is 88.8 Å². The van der Waals surface area contributed by atoms with Crippen molar-refractivity contribution in [1.82, 2.24) is 4.57 Å². The van der Waals surface area contributed by atoms with Crippen LogP contribution in [-0.4, -0.2) is 40.2 Å². The van der Waals surface area contributed by atoms with Gasteiger partial charge in [0.1, 0.15) is 5.60 Å². The van der Waals surface area contributed by atoms with Crippen molar-refractivity contribution < 1.29 is 24.2 Å². The number of aromatic nitrogens is 1. The summed E-state index contributed by atoms with van der Waals surface area (Å²) in [6.45, 7) is 7.34. The van der Waals surface area contributed by atoms with Gasteiger partial charge in [0.25, 0.3) is 0 Å². The molecule has 2 aromatic carbocycles. The highest BCUT2D eigenvalue weighted by atomic mass is 16.6. The molecular weight excluding hydrogens is 420 g/mol. The van der Waals surface area contributed by atoms with E-state index in [9.17, 15) is 14.4 Å². The number of carbonyl (C=O) groups is 3. The molecule has 0 saturated heterocycles. The van der Waals surface area contributed by atoms with E-state index in [2.05, 4.69) is 0 Å². The molecule has 1 N–H and O–H groups in total. The number of rotatable bonds is 7. The van der Waals surface area contributed by atoms with Crippen LogP contribution in [0, 0.1) is 0 Å². The number of hydrogen-bond acceptors (Lipinski definition) is 4. The number of benzene rings is 2. The highest BCUT2D eigenvalue weighted by Crippen LogP contribution is 2.29. The predicted octanol–water partition coefficient (Wildman–Crippen LogP) is 5.67. The number of carboxylic acids is 1. The molecule has 33 heavy (non-hydrogen) atoms. The molecule has 0 aliphatic carbocycles. The van der Waals surface area contributed by atoms with Crippen LogP contribution in [-0.2, 0) is 9.53 Å². The molecule has 174 valence electrons. The fraction of sp³-hybridized carbons (Fsp3) is 0.346. The smallest absolute Gasteiger partial charge is 0.414 e. The van der Waals surface area contributed by atoms with Gasteiger partial charge >= 0.3 is 12.1 Å². The van der Waals surface area contributed by atoms with Gasteiger partial charge in [-0.25, -0.2) is 4.79 Å². The highest BCUT2D eigenvalue weighted by Gasteiger charge is 2.23. The Balaban J connectivity index is 1.94. The maximum atomic E-state index is 13.5. The minimum atomic E-state index is -0.847. The van der Waals surface area contributed by atoms with Gasteiger partial charge in [-0.15, -0.1) is 0 Å². The highest BCUT2D eigenvalue weighted by molar-refractivity contribution is 6.17. The zero-order valence-corrected chi connectivity index (χ0v) is 19.7. The zero-order chi connectivity index (χ0) is 24.3. The first-order valence-corrected chi connectivity index (χ1v) is 10.9. The number of carbonyl (C=O) groups excluding carboxylic acids is 2. The number of fused-ring (bicyclic) bond motifs is 1. The first kappa shape index (κ1) is 24.0. The molecule has 0 bridgehead atoms. The number of amides is 1. The Bertz CT molecular complexity index is 1190. The van der Waals surface area contributed by atoms with Gasteiger partial charge < -0.3 is 14.4 Å². The molecule has 0 spiro atoms. The van der Waals surface area contributed by atoms with Crippen molar-refractivity contribution in [3.8, 4) is 0 Å². The molecule has 1 amide bonds. The minimum Gasteiger partial charge on any atom is -0.481 e. The molecule has 0 aliphatic rings. The first-order valence-electron chi connectivity index (χ1n) is 10.9. The van der Waals surface area contributed by atoms with E-state index in [4.69, 9.17) is 9.84 Å². The lowest BCUT2D eigenvalue weighted by Gasteiger charge is -2.24. The van der Waals surface area contributed by atoms with E-state index >= 15 is 0 Å². The maximum Gasteiger partial charge on any atom is 0.414 e. The monoisotopic (exact) mass is 450 g/mol. The molecule has 3 rings (SSSR count). The third-order valence-corrected chi connectivity index (χ3v) is 5.40. The summed E-state index contributed by atoms with van der Waals surface area (Å²) in [5.41, 5.74) is 1.78. The summed E-state index contributed by atoms with van der Waals surface area (Å²) in [6, 6.07) is 14.4. The van der Waals surface area contributed by atoms with Crippen LogP contribution in [0.15, 0.2) is 54.7 Å². The number of nitrogens with zero attached hydrogens (tertiary/aromatic N) is 2. The molecular formula is C26H30N2O5. The third kappa shape index (κ3) is 5.61. The van der Waals surface area contributed by atoms with E-state index in [-0.39, 0.29) is 18.2 Å². The van der Waals surface area contributed by atoms with Gasteiger partial charge in [0.2, 0.25) is 0 Å². The van der Waals surface area contributed by atoms with Crippen molar-refractivity contribution in [2.45, 2.75) is 52.2 Å². The summed E-state index contributed by atoms with van der Waals surface area (Å²) < 4.78 is 7.38. The number of hydrogen-bond donors (Lipinski definition) is 1. The second-order valence-corrected chi connectivity index (χ2v) is 9.17. The molecule has 0 radical (unpaired) electrons. The van der Waals surface area contributed by atoms with Gasteiger partial charge in [-0.05, 0) is 52.3 Å². The van der Waals surface area contributed by atoms with Gasteiger partial charge in [-0.2, -0.15) is 0 Å². The number of anilines is 1. The van der Waals surface area contributed by atoms with E-state index in [1.54, 1.807) is 58.3 Å². The molecule has 0 saturated carbocycles. The van der Waals surface area contributed by atoms with Crippen LogP contribution in [0.1, 0.15) is 62.5 Å².